The highest BCUT2D eigenvalue weighted by atomic mass is 35.5. The molecule has 0 spiro atoms. The summed E-state index contributed by atoms with van der Waals surface area (Å²) in [6.45, 7) is 0. The first-order valence-electron chi connectivity index (χ1n) is 4.47. The van der Waals surface area contributed by atoms with Crippen LogP contribution in [0.2, 0.25) is 5.02 Å². The van der Waals surface area contributed by atoms with Crippen LogP contribution in [0.15, 0.2) is 23.2 Å². The van der Waals surface area contributed by atoms with Gasteiger partial charge in [-0.05, 0) is 18.2 Å². The van der Waals surface area contributed by atoms with Gasteiger partial charge in [-0.25, -0.2) is 9.18 Å². The van der Waals surface area contributed by atoms with Gasteiger partial charge in [0.25, 0.3) is 0 Å². The fourth-order valence-electron chi connectivity index (χ4n) is 1.31. The maximum atomic E-state index is 13.5. The number of carboxylic acids is 1. The number of aliphatic carboxylic acids is 1. The summed E-state index contributed by atoms with van der Waals surface area (Å²) in [6.07, 6.45) is 0. The second-order valence-corrected chi connectivity index (χ2v) is 4.67. The number of aliphatic imine (C=N–C) groups is 1. The van der Waals surface area contributed by atoms with Crippen molar-refractivity contribution in [3.8, 4) is 0 Å². The van der Waals surface area contributed by atoms with Crippen molar-refractivity contribution in [1.82, 2.24) is 0 Å². The van der Waals surface area contributed by atoms with E-state index in [9.17, 15) is 9.18 Å². The van der Waals surface area contributed by atoms with Gasteiger partial charge in [0.05, 0.1) is 0 Å². The average Bonchev–Trinajstić information content (AvgIpc) is 2.66. The molecule has 1 N–H and O–H groups in total. The van der Waals surface area contributed by atoms with E-state index in [2.05, 4.69) is 4.99 Å². The quantitative estimate of drug-likeness (QED) is 0.887. The highest BCUT2D eigenvalue weighted by molar-refractivity contribution is 8.14. The van der Waals surface area contributed by atoms with Gasteiger partial charge in [0.1, 0.15) is 10.9 Å². The lowest BCUT2D eigenvalue weighted by atomic mass is 10.2. The number of hydrogen-bond acceptors (Lipinski definition) is 3. The Hall–Kier alpha value is -1.07. The predicted molar refractivity (Wildman–Crippen MR) is 61.8 cm³/mol. The number of carboxylic acid groups (broad SMARTS) is 1. The lowest BCUT2D eigenvalue weighted by molar-refractivity contribution is -0.137. The molecule has 0 fully saturated rings. The van der Waals surface area contributed by atoms with E-state index in [1.807, 2.05) is 0 Å². The smallest absolute Gasteiger partial charge is 0.329 e. The number of thioether (sulfide) groups is 1. The topological polar surface area (TPSA) is 49.7 Å². The van der Waals surface area contributed by atoms with Gasteiger partial charge in [-0.15, -0.1) is 11.8 Å². The van der Waals surface area contributed by atoms with Crippen LogP contribution in [0.4, 0.5) is 4.39 Å². The minimum absolute atomic E-state index is 0.304. The van der Waals surface area contributed by atoms with Crippen molar-refractivity contribution >= 4 is 34.4 Å². The molecular weight excluding hydrogens is 253 g/mol. The zero-order valence-electron chi connectivity index (χ0n) is 7.98. The summed E-state index contributed by atoms with van der Waals surface area (Å²) in [6, 6.07) is 3.47. The van der Waals surface area contributed by atoms with Crippen molar-refractivity contribution in [2.75, 3.05) is 5.75 Å². The fourth-order valence-corrected chi connectivity index (χ4v) is 2.53. The number of halogens is 2. The molecule has 0 aliphatic carbocycles. The van der Waals surface area contributed by atoms with Crippen LogP contribution in [0.1, 0.15) is 5.56 Å². The highest BCUT2D eigenvalue weighted by Gasteiger charge is 2.26. The molecule has 1 heterocycles. The third-order valence-corrected chi connectivity index (χ3v) is 3.41. The van der Waals surface area contributed by atoms with Gasteiger partial charge < -0.3 is 5.11 Å². The van der Waals surface area contributed by atoms with E-state index < -0.39 is 17.8 Å². The molecule has 3 nitrogen and oxygen atoms in total. The van der Waals surface area contributed by atoms with Crippen LogP contribution < -0.4 is 0 Å². The van der Waals surface area contributed by atoms with E-state index in [-0.39, 0.29) is 0 Å². The van der Waals surface area contributed by atoms with Gasteiger partial charge in [0, 0.05) is 16.3 Å². The van der Waals surface area contributed by atoms with Gasteiger partial charge in [-0.2, -0.15) is 0 Å². The van der Waals surface area contributed by atoms with E-state index in [0.29, 0.717) is 21.4 Å². The first-order chi connectivity index (χ1) is 7.58. The molecule has 0 saturated carbocycles. The van der Waals surface area contributed by atoms with Gasteiger partial charge in [0.15, 0.2) is 6.04 Å². The van der Waals surface area contributed by atoms with Crippen LogP contribution in [0.25, 0.3) is 0 Å². The van der Waals surface area contributed by atoms with E-state index in [0.717, 1.165) is 0 Å². The van der Waals surface area contributed by atoms with Gasteiger partial charge in [0.2, 0.25) is 0 Å². The lowest BCUT2D eigenvalue weighted by Crippen LogP contribution is -2.17. The Balaban J connectivity index is 2.32. The highest BCUT2D eigenvalue weighted by Crippen LogP contribution is 2.26. The van der Waals surface area contributed by atoms with E-state index in [1.54, 1.807) is 6.07 Å². The van der Waals surface area contributed by atoms with Crippen LogP contribution in [-0.2, 0) is 4.79 Å². The van der Waals surface area contributed by atoms with Crippen molar-refractivity contribution in [1.29, 1.82) is 0 Å². The Morgan fingerprint density at radius 1 is 1.62 bits per heavy atom. The Morgan fingerprint density at radius 3 is 2.94 bits per heavy atom. The zero-order valence-corrected chi connectivity index (χ0v) is 9.56. The van der Waals surface area contributed by atoms with Crippen molar-refractivity contribution in [2.24, 2.45) is 4.99 Å². The minimum Gasteiger partial charge on any atom is -0.480 e. The molecule has 16 heavy (non-hydrogen) atoms. The number of rotatable bonds is 2. The molecule has 2 rings (SSSR count). The summed E-state index contributed by atoms with van der Waals surface area (Å²) in [5.41, 5.74) is 0.304. The Labute approximate surface area is 100 Å². The summed E-state index contributed by atoms with van der Waals surface area (Å²) in [5.74, 6) is -1.13. The zero-order chi connectivity index (χ0) is 11.7. The molecule has 1 atom stereocenters. The molecule has 1 aromatic rings. The first kappa shape index (κ1) is 11.4. The Morgan fingerprint density at radius 2 is 2.38 bits per heavy atom. The largest absolute Gasteiger partial charge is 0.480 e. The summed E-state index contributed by atoms with van der Waals surface area (Å²) < 4.78 is 13.5. The first-order valence-corrected chi connectivity index (χ1v) is 5.83. The molecule has 0 radical (unpaired) electrons. The second kappa shape index (κ2) is 4.43. The molecule has 1 aliphatic heterocycles. The molecule has 0 amide bonds. The van der Waals surface area contributed by atoms with Gasteiger partial charge in [-0.1, -0.05) is 11.6 Å². The van der Waals surface area contributed by atoms with E-state index in [1.165, 1.54) is 23.9 Å². The van der Waals surface area contributed by atoms with Crippen LogP contribution in [0.3, 0.4) is 0 Å². The van der Waals surface area contributed by atoms with E-state index in [4.69, 9.17) is 16.7 Å². The minimum atomic E-state index is -0.989. The summed E-state index contributed by atoms with van der Waals surface area (Å²) in [7, 11) is 0. The van der Waals surface area contributed by atoms with Crippen molar-refractivity contribution in [3.05, 3.63) is 34.6 Å². The Bertz CT molecular complexity index is 478. The number of benzene rings is 1. The SMILES string of the molecule is O=C(O)C1CSC(c2ccc(Cl)cc2F)=N1. The maximum absolute atomic E-state index is 13.5. The van der Waals surface area contributed by atoms with Crippen molar-refractivity contribution < 1.29 is 14.3 Å². The molecule has 6 heteroatoms. The Kier molecular flexibility index (Phi) is 3.16. The van der Waals surface area contributed by atoms with Crippen LogP contribution in [0.5, 0.6) is 0 Å². The number of carbonyl (C=O) groups is 1. The standard InChI is InChI=1S/C10H7ClFNO2S/c11-5-1-2-6(7(12)3-5)9-13-8(4-16-9)10(14)15/h1-3,8H,4H2,(H,14,15). The van der Waals surface area contributed by atoms with Crippen LogP contribution in [-0.4, -0.2) is 27.9 Å². The third-order valence-electron chi connectivity index (χ3n) is 2.10. The summed E-state index contributed by atoms with van der Waals surface area (Å²) in [4.78, 5) is 14.6. The number of nitrogens with zero attached hydrogens (tertiary/aromatic N) is 1. The van der Waals surface area contributed by atoms with E-state index >= 15 is 0 Å². The normalized spacial score (nSPS) is 19.6. The van der Waals surface area contributed by atoms with Gasteiger partial charge in [-0.3, -0.25) is 4.99 Å². The molecule has 1 aliphatic rings. The van der Waals surface area contributed by atoms with Crippen molar-refractivity contribution in [2.45, 2.75) is 6.04 Å². The molecule has 0 aromatic heterocycles. The van der Waals surface area contributed by atoms with Gasteiger partial charge >= 0.3 is 5.97 Å². The monoisotopic (exact) mass is 259 g/mol. The summed E-state index contributed by atoms with van der Waals surface area (Å²) in [5, 5.41) is 9.48. The lowest BCUT2D eigenvalue weighted by Gasteiger charge is -2.01. The molecule has 1 unspecified atom stereocenters. The van der Waals surface area contributed by atoms with Crippen LogP contribution >= 0.6 is 23.4 Å². The molecular formula is C10H7ClFNO2S. The molecule has 0 bridgehead atoms. The summed E-state index contributed by atoms with van der Waals surface area (Å²) >= 11 is 6.86. The molecule has 84 valence electrons. The van der Waals surface area contributed by atoms with Crippen LogP contribution in [0, 0.1) is 5.82 Å². The molecule has 0 saturated heterocycles. The second-order valence-electron chi connectivity index (χ2n) is 3.22. The number of hydrogen-bond donors (Lipinski definition) is 1. The van der Waals surface area contributed by atoms with Crippen molar-refractivity contribution in [3.63, 3.8) is 0 Å². The molecule has 1 aromatic carbocycles. The predicted octanol–water partition coefficient (Wildman–Crippen LogP) is 2.43. The third kappa shape index (κ3) is 2.20. The fraction of sp³-hybridized carbons (Fsp3) is 0.200. The maximum Gasteiger partial charge on any atom is 0.329 e. The average molecular weight is 260 g/mol.